The summed E-state index contributed by atoms with van der Waals surface area (Å²) in [6.45, 7) is 3.93. The van der Waals surface area contributed by atoms with Gasteiger partial charge in [-0.25, -0.2) is 0 Å². The molecule has 7 heteroatoms. The average molecular weight is 378 g/mol. The number of carboxylic acid groups (broad SMARTS) is 1. The number of benzene rings is 1. The Morgan fingerprint density at radius 2 is 1.96 bits per heavy atom. The summed E-state index contributed by atoms with van der Waals surface area (Å²) in [6, 6.07) is 8.44. The zero-order chi connectivity index (χ0) is 19.6. The maximum Gasteiger partial charge on any atom is 0.290 e. The van der Waals surface area contributed by atoms with Crippen molar-refractivity contribution in [3.05, 3.63) is 29.8 Å². The van der Waals surface area contributed by atoms with E-state index in [9.17, 15) is 4.79 Å². The van der Waals surface area contributed by atoms with Crippen molar-refractivity contribution in [2.45, 2.75) is 25.3 Å². The molecule has 2 aliphatic rings. The van der Waals surface area contributed by atoms with Crippen LogP contribution >= 0.6 is 0 Å². The number of amides is 1. The second kappa shape index (κ2) is 10.9. The van der Waals surface area contributed by atoms with Crippen molar-refractivity contribution < 1.29 is 24.2 Å². The van der Waals surface area contributed by atoms with Crippen molar-refractivity contribution in [1.29, 1.82) is 0 Å². The normalized spacial score (nSPS) is 22.2. The van der Waals surface area contributed by atoms with E-state index in [1.807, 2.05) is 12.1 Å². The van der Waals surface area contributed by atoms with Gasteiger partial charge >= 0.3 is 0 Å². The van der Waals surface area contributed by atoms with Gasteiger partial charge in [-0.05, 0) is 37.6 Å². The van der Waals surface area contributed by atoms with Gasteiger partial charge in [0.2, 0.25) is 5.91 Å². The predicted molar refractivity (Wildman–Crippen MR) is 102 cm³/mol. The predicted octanol–water partition coefficient (Wildman–Crippen LogP) is 1.51. The minimum absolute atomic E-state index is 0.250. The quantitative estimate of drug-likeness (QED) is 0.783. The Morgan fingerprint density at radius 1 is 1.26 bits per heavy atom. The lowest BCUT2D eigenvalue weighted by molar-refractivity contribution is -0.133. The molecule has 2 heterocycles. The third kappa shape index (κ3) is 6.52. The summed E-state index contributed by atoms with van der Waals surface area (Å²) in [5.41, 5.74) is 1.25. The number of carbonyl (C=O) groups excluding carboxylic acids is 1. The lowest BCUT2D eigenvalue weighted by atomic mass is 10.1. The molecule has 2 bridgehead atoms. The molecule has 2 fully saturated rings. The van der Waals surface area contributed by atoms with Gasteiger partial charge < -0.3 is 19.5 Å². The molecule has 1 aromatic carbocycles. The van der Waals surface area contributed by atoms with Crippen molar-refractivity contribution in [3.63, 3.8) is 0 Å². The first-order valence-electron chi connectivity index (χ1n) is 9.34. The van der Waals surface area contributed by atoms with Crippen LogP contribution in [0.1, 0.15) is 18.4 Å². The van der Waals surface area contributed by atoms with Crippen LogP contribution in [-0.4, -0.2) is 80.3 Å². The zero-order valence-electron chi connectivity index (χ0n) is 16.2. The molecule has 0 unspecified atom stereocenters. The number of ether oxygens (including phenoxy) is 2. The minimum atomic E-state index is -0.250. The van der Waals surface area contributed by atoms with Crippen molar-refractivity contribution in [2.75, 3.05) is 47.0 Å². The van der Waals surface area contributed by atoms with Crippen LogP contribution < -0.4 is 4.74 Å². The van der Waals surface area contributed by atoms with E-state index in [2.05, 4.69) is 29.0 Å². The van der Waals surface area contributed by atoms with Gasteiger partial charge in [-0.15, -0.1) is 0 Å². The highest BCUT2D eigenvalue weighted by atomic mass is 16.5. The summed E-state index contributed by atoms with van der Waals surface area (Å²) < 4.78 is 10.9. The summed E-state index contributed by atoms with van der Waals surface area (Å²) in [4.78, 5) is 25.4. The van der Waals surface area contributed by atoms with Crippen LogP contribution in [0.25, 0.3) is 0 Å². The monoisotopic (exact) mass is 378 g/mol. The van der Waals surface area contributed by atoms with E-state index in [1.165, 1.54) is 5.56 Å². The van der Waals surface area contributed by atoms with E-state index in [0.717, 1.165) is 51.4 Å². The maximum absolute atomic E-state index is 12.6. The van der Waals surface area contributed by atoms with Gasteiger partial charge in [0.15, 0.2) is 0 Å². The lowest BCUT2D eigenvalue weighted by Gasteiger charge is -2.29. The number of fused-ring (bicyclic) bond motifs is 3. The van der Waals surface area contributed by atoms with Crippen LogP contribution in [0.3, 0.4) is 0 Å². The Bertz CT molecular complexity index is 593. The van der Waals surface area contributed by atoms with Gasteiger partial charge in [0.1, 0.15) is 5.75 Å². The molecule has 0 spiro atoms. The number of methoxy groups -OCH3 is 1. The smallest absolute Gasteiger partial charge is 0.290 e. The minimum Gasteiger partial charge on any atom is -0.497 e. The second-order valence-corrected chi connectivity index (χ2v) is 7.10. The molecule has 27 heavy (non-hydrogen) atoms. The van der Waals surface area contributed by atoms with E-state index in [0.29, 0.717) is 18.4 Å². The number of carbonyl (C=O) groups is 2. The highest BCUT2D eigenvalue weighted by Gasteiger charge is 2.32. The molecule has 0 radical (unpaired) electrons. The standard InChI is InChI=1S/C19H28N2O3.CH2O2/c1-20-10-16-11-21(12-17(20)14-24-13-16)19(22)5-3-4-15-6-8-18(23-2)9-7-15;2-1-3/h6-9,16-17H,3-5,10-14H2,1-2H3;1H,(H,2,3)/t16-,17+;/m1./s1. The number of aryl methyl sites for hydroxylation is 1. The van der Waals surface area contributed by atoms with E-state index >= 15 is 0 Å². The summed E-state index contributed by atoms with van der Waals surface area (Å²) in [6.07, 6.45) is 2.44. The third-order valence-electron chi connectivity index (χ3n) is 5.11. The van der Waals surface area contributed by atoms with E-state index < -0.39 is 0 Å². The molecule has 0 aliphatic carbocycles. The van der Waals surface area contributed by atoms with Crippen molar-refractivity contribution >= 4 is 12.4 Å². The van der Waals surface area contributed by atoms with Crippen LogP contribution in [0.4, 0.5) is 0 Å². The molecule has 1 N–H and O–H groups in total. The summed E-state index contributed by atoms with van der Waals surface area (Å²) in [5, 5.41) is 6.89. The topological polar surface area (TPSA) is 79.3 Å². The van der Waals surface area contributed by atoms with Crippen LogP contribution in [-0.2, 0) is 20.7 Å². The molecule has 2 aliphatic heterocycles. The van der Waals surface area contributed by atoms with Crippen molar-refractivity contribution in [3.8, 4) is 5.75 Å². The molecule has 3 rings (SSSR count). The molecule has 1 aromatic rings. The molecule has 150 valence electrons. The summed E-state index contributed by atoms with van der Waals surface area (Å²) in [7, 11) is 3.82. The summed E-state index contributed by atoms with van der Waals surface area (Å²) >= 11 is 0. The molecule has 7 nitrogen and oxygen atoms in total. The van der Waals surface area contributed by atoms with Crippen molar-refractivity contribution in [1.82, 2.24) is 9.80 Å². The second-order valence-electron chi connectivity index (χ2n) is 7.10. The molecular weight excluding hydrogens is 348 g/mol. The molecule has 0 aromatic heterocycles. The Balaban J connectivity index is 0.000000817. The van der Waals surface area contributed by atoms with Crippen LogP contribution in [0.15, 0.2) is 24.3 Å². The average Bonchev–Trinajstić information content (AvgIpc) is 2.91. The number of hydrogen-bond acceptors (Lipinski definition) is 5. The first kappa shape index (κ1) is 21.2. The molecule has 2 saturated heterocycles. The first-order valence-corrected chi connectivity index (χ1v) is 9.34. The van der Waals surface area contributed by atoms with Crippen LogP contribution in [0.5, 0.6) is 5.75 Å². The lowest BCUT2D eigenvalue weighted by Crippen LogP contribution is -2.44. The Kier molecular flexibility index (Phi) is 8.54. The van der Waals surface area contributed by atoms with Crippen LogP contribution in [0.2, 0.25) is 0 Å². The zero-order valence-corrected chi connectivity index (χ0v) is 16.2. The van der Waals surface area contributed by atoms with E-state index in [-0.39, 0.29) is 12.4 Å². The summed E-state index contributed by atoms with van der Waals surface area (Å²) in [5.74, 6) is 1.60. The number of nitrogens with zero attached hydrogens (tertiary/aromatic N) is 2. The molecular formula is C20H30N2O5. The SMILES string of the molecule is COc1ccc(CCCC(=O)N2C[C@@H]3COC[C@H](C2)N(C)C3)cc1.O=CO. The number of hydrogen-bond donors (Lipinski definition) is 1. The Hall–Kier alpha value is -2.12. The van der Waals surface area contributed by atoms with Gasteiger partial charge in [0.25, 0.3) is 6.47 Å². The van der Waals surface area contributed by atoms with Crippen molar-refractivity contribution in [2.24, 2.45) is 5.92 Å². The Morgan fingerprint density at radius 3 is 2.63 bits per heavy atom. The largest absolute Gasteiger partial charge is 0.497 e. The van der Waals surface area contributed by atoms with E-state index in [1.54, 1.807) is 7.11 Å². The molecule has 0 saturated carbocycles. The van der Waals surface area contributed by atoms with Gasteiger partial charge in [-0.2, -0.15) is 0 Å². The fraction of sp³-hybridized carbons (Fsp3) is 0.600. The Labute approximate surface area is 160 Å². The van der Waals surface area contributed by atoms with Gasteiger partial charge in [-0.3, -0.25) is 14.5 Å². The van der Waals surface area contributed by atoms with Gasteiger partial charge in [0, 0.05) is 32.0 Å². The molecule has 1 amide bonds. The first-order chi connectivity index (χ1) is 13.1. The van der Waals surface area contributed by atoms with Gasteiger partial charge in [-0.1, -0.05) is 12.1 Å². The number of likely N-dealkylation sites (N-methyl/N-ethyl adjacent to an activating group) is 1. The maximum atomic E-state index is 12.6. The highest BCUT2D eigenvalue weighted by molar-refractivity contribution is 5.76. The van der Waals surface area contributed by atoms with Crippen LogP contribution in [0, 0.1) is 5.92 Å². The van der Waals surface area contributed by atoms with Gasteiger partial charge in [0.05, 0.1) is 26.4 Å². The number of rotatable bonds is 5. The fourth-order valence-electron chi connectivity index (χ4n) is 3.65. The molecule has 2 atom stereocenters. The third-order valence-corrected chi connectivity index (χ3v) is 5.11. The van der Waals surface area contributed by atoms with E-state index in [4.69, 9.17) is 19.4 Å². The fourth-order valence-corrected chi connectivity index (χ4v) is 3.65. The highest BCUT2D eigenvalue weighted by Crippen LogP contribution is 2.19.